The van der Waals surface area contributed by atoms with Crippen molar-refractivity contribution < 1.29 is 9.47 Å². The number of rotatable bonds is 2. The van der Waals surface area contributed by atoms with Gasteiger partial charge in [-0.3, -0.25) is 0 Å². The Morgan fingerprint density at radius 3 is 2.25 bits per heavy atom. The highest BCUT2D eigenvalue weighted by Crippen LogP contribution is 2.33. The molecule has 1 atom stereocenters. The van der Waals surface area contributed by atoms with Gasteiger partial charge in [-0.1, -0.05) is 0 Å². The molecule has 0 aliphatic heterocycles. The summed E-state index contributed by atoms with van der Waals surface area (Å²) in [4.78, 5) is 0. The number of ether oxygens (including phenoxy) is 2. The molecule has 0 amide bonds. The third-order valence-corrected chi connectivity index (χ3v) is 2.97. The molecule has 0 unspecified atom stereocenters. The Morgan fingerprint density at radius 2 is 1.69 bits per heavy atom. The topological polar surface area (TPSA) is 44.5 Å². The summed E-state index contributed by atoms with van der Waals surface area (Å²) >= 11 is 0. The Morgan fingerprint density at radius 1 is 1.12 bits per heavy atom. The van der Waals surface area contributed by atoms with Gasteiger partial charge in [0.1, 0.15) is 0 Å². The number of halogens is 1. The second kappa shape index (κ2) is 5.41. The second-order valence-electron chi connectivity index (χ2n) is 3.98. The van der Waals surface area contributed by atoms with Gasteiger partial charge in [0.2, 0.25) is 0 Å². The zero-order valence-corrected chi connectivity index (χ0v) is 10.5. The first-order valence-electron chi connectivity index (χ1n) is 5.24. The van der Waals surface area contributed by atoms with E-state index in [2.05, 4.69) is 6.07 Å². The van der Waals surface area contributed by atoms with Crippen LogP contribution in [0.5, 0.6) is 11.5 Å². The van der Waals surface area contributed by atoms with Crippen molar-refractivity contribution in [2.75, 3.05) is 14.2 Å². The van der Waals surface area contributed by atoms with E-state index < -0.39 is 0 Å². The normalized spacial score (nSPS) is 18.3. The highest BCUT2D eigenvalue weighted by atomic mass is 35.5. The summed E-state index contributed by atoms with van der Waals surface area (Å²) in [7, 11) is 3.33. The van der Waals surface area contributed by atoms with Crippen LogP contribution in [0.25, 0.3) is 0 Å². The molecule has 90 valence electrons. The molecule has 4 heteroatoms. The fourth-order valence-corrected chi connectivity index (χ4v) is 2.11. The van der Waals surface area contributed by atoms with Gasteiger partial charge < -0.3 is 15.2 Å². The maximum Gasteiger partial charge on any atom is 0.161 e. The van der Waals surface area contributed by atoms with E-state index in [0.717, 1.165) is 30.8 Å². The highest BCUT2D eigenvalue weighted by Gasteiger charge is 2.18. The molecule has 0 saturated carbocycles. The lowest BCUT2D eigenvalue weighted by atomic mass is 9.88. The molecule has 0 heterocycles. The Hall–Kier alpha value is -0.930. The average molecular weight is 244 g/mol. The van der Waals surface area contributed by atoms with Crippen LogP contribution in [-0.2, 0) is 12.8 Å². The standard InChI is InChI=1S/C12H17NO2.ClH/c1-14-11-6-8-3-4-10(13)5-9(8)7-12(11)15-2;/h6-7,10H,3-5,13H2,1-2H3;1H/t10-;/m0./s1. The number of benzene rings is 1. The molecule has 0 saturated heterocycles. The van der Waals surface area contributed by atoms with Gasteiger partial charge in [0, 0.05) is 6.04 Å². The largest absolute Gasteiger partial charge is 0.493 e. The third kappa shape index (κ3) is 2.42. The van der Waals surface area contributed by atoms with Gasteiger partial charge in [0.15, 0.2) is 11.5 Å². The van der Waals surface area contributed by atoms with Gasteiger partial charge in [-0.05, 0) is 42.5 Å². The van der Waals surface area contributed by atoms with E-state index in [9.17, 15) is 0 Å². The molecule has 1 aromatic rings. The molecule has 0 radical (unpaired) electrons. The molecule has 0 aromatic heterocycles. The van der Waals surface area contributed by atoms with E-state index >= 15 is 0 Å². The van der Waals surface area contributed by atoms with E-state index in [1.807, 2.05) is 6.07 Å². The lowest BCUT2D eigenvalue weighted by Gasteiger charge is -2.22. The van der Waals surface area contributed by atoms with Crippen LogP contribution < -0.4 is 15.2 Å². The average Bonchev–Trinajstić information content (AvgIpc) is 2.27. The minimum atomic E-state index is 0. The Balaban J connectivity index is 0.00000128. The molecular weight excluding hydrogens is 226 g/mol. The predicted octanol–water partition coefficient (Wildman–Crippen LogP) is 1.94. The third-order valence-electron chi connectivity index (χ3n) is 2.97. The van der Waals surface area contributed by atoms with E-state index in [-0.39, 0.29) is 18.4 Å². The molecule has 2 N–H and O–H groups in total. The smallest absolute Gasteiger partial charge is 0.161 e. The first kappa shape index (κ1) is 13.1. The summed E-state index contributed by atoms with van der Waals surface area (Å²) in [5, 5.41) is 0. The van der Waals surface area contributed by atoms with Crippen molar-refractivity contribution in [3.63, 3.8) is 0 Å². The summed E-state index contributed by atoms with van der Waals surface area (Å²) < 4.78 is 10.5. The minimum absolute atomic E-state index is 0. The van der Waals surface area contributed by atoms with Crippen LogP contribution in [-0.4, -0.2) is 20.3 Å². The van der Waals surface area contributed by atoms with E-state index in [4.69, 9.17) is 15.2 Å². The monoisotopic (exact) mass is 243 g/mol. The van der Waals surface area contributed by atoms with Crippen molar-refractivity contribution in [1.82, 2.24) is 0 Å². The number of nitrogens with two attached hydrogens (primary N) is 1. The number of fused-ring (bicyclic) bond motifs is 1. The van der Waals surface area contributed by atoms with Crippen molar-refractivity contribution >= 4 is 12.4 Å². The molecule has 0 bridgehead atoms. The van der Waals surface area contributed by atoms with Crippen molar-refractivity contribution in [1.29, 1.82) is 0 Å². The first-order valence-corrected chi connectivity index (χ1v) is 5.24. The van der Waals surface area contributed by atoms with Gasteiger partial charge in [-0.15, -0.1) is 12.4 Å². The molecule has 0 spiro atoms. The van der Waals surface area contributed by atoms with Gasteiger partial charge in [0.05, 0.1) is 14.2 Å². The number of methoxy groups -OCH3 is 2. The fourth-order valence-electron chi connectivity index (χ4n) is 2.11. The summed E-state index contributed by atoms with van der Waals surface area (Å²) in [6.45, 7) is 0. The summed E-state index contributed by atoms with van der Waals surface area (Å²) in [5.74, 6) is 1.61. The molecule has 1 aromatic carbocycles. The molecule has 1 aliphatic carbocycles. The quantitative estimate of drug-likeness (QED) is 0.864. The molecule has 0 fully saturated rings. The zero-order valence-electron chi connectivity index (χ0n) is 9.66. The minimum Gasteiger partial charge on any atom is -0.493 e. The molecule has 2 rings (SSSR count). The lowest BCUT2D eigenvalue weighted by Crippen LogP contribution is -2.27. The van der Waals surface area contributed by atoms with Crippen molar-refractivity contribution in [2.24, 2.45) is 5.73 Å². The number of hydrogen-bond donors (Lipinski definition) is 1. The fraction of sp³-hybridized carbons (Fsp3) is 0.500. The van der Waals surface area contributed by atoms with Crippen LogP contribution >= 0.6 is 12.4 Å². The van der Waals surface area contributed by atoms with Gasteiger partial charge in [0.25, 0.3) is 0 Å². The van der Waals surface area contributed by atoms with Crippen molar-refractivity contribution in [3.8, 4) is 11.5 Å². The zero-order chi connectivity index (χ0) is 10.8. The predicted molar refractivity (Wildman–Crippen MR) is 66.8 cm³/mol. The number of hydrogen-bond acceptors (Lipinski definition) is 3. The first-order chi connectivity index (χ1) is 7.24. The van der Waals surface area contributed by atoms with Crippen LogP contribution in [0, 0.1) is 0 Å². The maximum atomic E-state index is 5.94. The molecule has 1 aliphatic rings. The summed E-state index contributed by atoms with van der Waals surface area (Å²) in [6, 6.07) is 4.41. The molecule has 3 nitrogen and oxygen atoms in total. The van der Waals surface area contributed by atoms with E-state index in [1.54, 1.807) is 14.2 Å². The van der Waals surface area contributed by atoms with Crippen LogP contribution in [0.15, 0.2) is 12.1 Å². The van der Waals surface area contributed by atoms with Crippen LogP contribution in [0.2, 0.25) is 0 Å². The summed E-state index contributed by atoms with van der Waals surface area (Å²) in [5.41, 5.74) is 8.58. The van der Waals surface area contributed by atoms with Gasteiger partial charge >= 0.3 is 0 Å². The van der Waals surface area contributed by atoms with E-state index in [1.165, 1.54) is 11.1 Å². The summed E-state index contributed by atoms with van der Waals surface area (Å²) in [6.07, 6.45) is 3.04. The lowest BCUT2D eigenvalue weighted by molar-refractivity contribution is 0.353. The van der Waals surface area contributed by atoms with Crippen LogP contribution in [0.3, 0.4) is 0 Å². The van der Waals surface area contributed by atoms with Gasteiger partial charge in [-0.2, -0.15) is 0 Å². The highest BCUT2D eigenvalue weighted by molar-refractivity contribution is 5.85. The Bertz CT molecular complexity index is 368. The maximum absolute atomic E-state index is 5.94. The Labute approximate surface area is 102 Å². The molecule has 16 heavy (non-hydrogen) atoms. The Kier molecular flexibility index (Phi) is 4.44. The SMILES string of the molecule is COc1cc2c(cc1OC)C[C@@H](N)CC2.Cl. The van der Waals surface area contributed by atoms with Crippen LogP contribution in [0.4, 0.5) is 0 Å². The van der Waals surface area contributed by atoms with Gasteiger partial charge in [-0.25, -0.2) is 0 Å². The molecular formula is C12H18ClNO2. The number of aryl methyl sites for hydroxylation is 1. The van der Waals surface area contributed by atoms with Crippen molar-refractivity contribution in [3.05, 3.63) is 23.3 Å². The van der Waals surface area contributed by atoms with E-state index in [0.29, 0.717) is 0 Å². The van der Waals surface area contributed by atoms with Crippen molar-refractivity contribution in [2.45, 2.75) is 25.3 Å². The van der Waals surface area contributed by atoms with Crippen LogP contribution in [0.1, 0.15) is 17.5 Å². The second-order valence-corrected chi connectivity index (χ2v) is 3.98.